The minimum Gasteiger partial charge on any atom is -0.493 e. The molecular weight excluding hydrogens is 484 g/mol. The number of nitro groups is 1. The number of hydrogen-bond acceptors (Lipinski definition) is 8. The summed E-state index contributed by atoms with van der Waals surface area (Å²) in [7, 11) is 1.43. The van der Waals surface area contributed by atoms with Crippen LogP contribution in [0.3, 0.4) is 0 Å². The van der Waals surface area contributed by atoms with Crippen LogP contribution in [0.5, 0.6) is 11.5 Å². The van der Waals surface area contributed by atoms with Crippen molar-refractivity contribution in [1.29, 1.82) is 0 Å². The van der Waals surface area contributed by atoms with Gasteiger partial charge in [-0.3, -0.25) is 24.6 Å². The smallest absolute Gasteiger partial charge is 0.343 e. The SMILES string of the molecule is COc1cc(/C=C2\SC(=O)N(Cc3ccc([N+](=O)[O-])cc3)C2=O)ccc1OC(=O)c1cccc(C)c1. The number of nitro benzene ring substituents is 1. The first-order chi connectivity index (χ1) is 17.2. The average molecular weight is 505 g/mol. The molecule has 10 heteroatoms. The Kier molecular flexibility index (Phi) is 7.16. The van der Waals surface area contributed by atoms with Crippen LogP contribution in [0.4, 0.5) is 10.5 Å². The van der Waals surface area contributed by atoms with Gasteiger partial charge in [-0.05, 0) is 60.2 Å². The summed E-state index contributed by atoms with van der Waals surface area (Å²) in [6, 6.07) is 17.5. The normalized spacial score (nSPS) is 14.3. The van der Waals surface area contributed by atoms with Gasteiger partial charge in [-0.2, -0.15) is 0 Å². The number of amides is 2. The van der Waals surface area contributed by atoms with E-state index in [1.54, 1.807) is 42.5 Å². The third kappa shape index (κ3) is 5.44. The fourth-order valence-electron chi connectivity index (χ4n) is 3.48. The molecule has 0 unspecified atom stereocenters. The first kappa shape index (κ1) is 24.7. The van der Waals surface area contributed by atoms with Crippen LogP contribution in [-0.2, 0) is 11.3 Å². The lowest BCUT2D eigenvalue weighted by atomic mass is 10.1. The molecule has 1 aliphatic heterocycles. The highest BCUT2D eigenvalue weighted by Gasteiger charge is 2.35. The van der Waals surface area contributed by atoms with Crippen molar-refractivity contribution in [2.24, 2.45) is 0 Å². The highest BCUT2D eigenvalue weighted by molar-refractivity contribution is 8.18. The second-order valence-electron chi connectivity index (χ2n) is 7.86. The fraction of sp³-hybridized carbons (Fsp3) is 0.115. The van der Waals surface area contributed by atoms with E-state index in [0.29, 0.717) is 16.7 Å². The highest BCUT2D eigenvalue weighted by Crippen LogP contribution is 2.35. The van der Waals surface area contributed by atoms with Crippen LogP contribution in [0.15, 0.2) is 71.6 Å². The molecule has 9 nitrogen and oxygen atoms in total. The van der Waals surface area contributed by atoms with Crippen molar-refractivity contribution < 1.29 is 28.8 Å². The van der Waals surface area contributed by atoms with Gasteiger partial charge in [0.25, 0.3) is 16.8 Å². The number of thioether (sulfide) groups is 1. The molecule has 0 aliphatic carbocycles. The Labute approximate surface area is 210 Å². The minimum absolute atomic E-state index is 0.00281. The van der Waals surface area contributed by atoms with Gasteiger partial charge < -0.3 is 9.47 Å². The van der Waals surface area contributed by atoms with Crippen LogP contribution in [0.2, 0.25) is 0 Å². The largest absolute Gasteiger partial charge is 0.493 e. The lowest BCUT2D eigenvalue weighted by Crippen LogP contribution is -2.27. The number of esters is 1. The molecule has 1 heterocycles. The Morgan fingerprint density at radius 2 is 1.81 bits per heavy atom. The number of ether oxygens (including phenoxy) is 2. The maximum atomic E-state index is 12.9. The van der Waals surface area contributed by atoms with Gasteiger partial charge in [0.2, 0.25) is 0 Å². The third-order valence-electron chi connectivity index (χ3n) is 5.30. The van der Waals surface area contributed by atoms with Gasteiger partial charge >= 0.3 is 5.97 Å². The first-order valence-corrected chi connectivity index (χ1v) is 11.5. The summed E-state index contributed by atoms with van der Waals surface area (Å²) >= 11 is 0.795. The molecule has 3 aromatic carbocycles. The van der Waals surface area contributed by atoms with Crippen molar-refractivity contribution in [2.75, 3.05) is 7.11 Å². The van der Waals surface area contributed by atoms with E-state index in [0.717, 1.165) is 22.2 Å². The van der Waals surface area contributed by atoms with E-state index in [4.69, 9.17) is 9.47 Å². The predicted molar refractivity (Wildman–Crippen MR) is 134 cm³/mol. The molecule has 3 aromatic rings. The van der Waals surface area contributed by atoms with Crippen LogP contribution in [0.25, 0.3) is 6.08 Å². The molecule has 36 heavy (non-hydrogen) atoms. The molecule has 4 rings (SSSR count). The molecule has 2 amide bonds. The molecule has 0 radical (unpaired) electrons. The summed E-state index contributed by atoms with van der Waals surface area (Å²) in [5.74, 6) is -0.503. The van der Waals surface area contributed by atoms with Gasteiger partial charge in [0.15, 0.2) is 11.5 Å². The van der Waals surface area contributed by atoms with Gasteiger partial charge in [0.05, 0.1) is 29.0 Å². The summed E-state index contributed by atoms with van der Waals surface area (Å²) in [6.07, 6.45) is 1.55. The number of non-ortho nitro benzene ring substituents is 1. The standard InChI is InChI=1S/C26H20N2O7S/c1-16-4-3-5-19(12-16)25(30)35-21-11-8-18(13-22(21)34-2)14-23-24(29)27(26(31)36-23)15-17-6-9-20(10-7-17)28(32)33/h3-14H,15H2,1-2H3/b23-14-. The molecule has 1 aliphatic rings. The number of aryl methyl sites for hydroxylation is 1. The van der Waals surface area contributed by atoms with Crippen molar-refractivity contribution in [2.45, 2.75) is 13.5 Å². The Balaban J connectivity index is 1.50. The number of imide groups is 1. The zero-order chi connectivity index (χ0) is 25.8. The van der Waals surface area contributed by atoms with Gasteiger partial charge in [0.1, 0.15) is 0 Å². The van der Waals surface area contributed by atoms with E-state index in [1.165, 1.54) is 31.4 Å². The number of benzene rings is 3. The number of hydrogen-bond donors (Lipinski definition) is 0. The van der Waals surface area contributed by atoms with Gasteiger partial charge in [-0.25, -0.2) is 4.79 Å². The molecule has 0 N–H and O–H groups in total. The topological polar surface area (TPSA) is 116 Å². The second-order valence-corrected chi connectivity index (χ2v) is 8.85. The van der Waals surface area contributed by atoms with Crippen molar-refractivity contribution in [3.8, 4) is 11.5 Å². The Bertz CT molecular complexity index is 1400. The summed E-state index contributed by atoms with van der Waals surface area (Å²) in [4.78, 5) is 49.4. The van der Waals surface area contributed by atoms with Crippen LogP contribution in [0, 0.1) is 17.0 Å². The van der Waals surface area contributed by atoms with E-state index >= 15 is 0 Å². The molecular formula is C26H20N2O7S. The van der Waals surface area contributed by atoms with Crippen molar-refractivity contribution >= 4 is 40.6 Å². The zero-order valence-corrected chi connectivity index (χ0v) is 20.1. The van der Waals surface area contributed by atoms with Gasteiger partial charge in [0, 0.05) is 12.1 Å². The van der Waals surface area contributed by atoms with Crippen molar-refractivity contribution in [3.05, 3.63) is 104 Å². The maximum Gasteiger partial charge on any atom is 0.343 e. The molecule has 1 fully saturated rings. The number of carbonyl (C=O) groups excluding carboxylic acids is 3. The van der Waals surface area contributed by atoms with Crippen LogP contribution >= 0.6 is 11.8 Å². The number of rotatable bonds is 7. The lowest BCUT2D eigenvalue weighted by molar-refractivity contribution is -0.384. The first-order valence-electron chi connectivity index (χ1n) is 10.7. The molecule has 0 spiro atoms. The van der Waals surface area contributed by atoms with E-state index in [9.17, 15) is 24.5 Å². The van der Waals surface area contributed by atoms with E-state index < -0.39 is 22.0 Å². The van der Waals surface area contributed by atoms with E-state index in [-0.39, 0.29) is 28.6 Å². The Hall–Kier alpha value is -4.44. The monoisotopic (exact) mass is 504 g/mol. The molecule has 0 bridgehead atoms. The number of methoxy groups -OCH3 is 1. The quantitative estimate of drug-likeness (QED) is 0.139. The third-order valence-corrected chi connectivity index (χ3v) is 6.21. The van der Waals surface area contributed by atoms with Crippen molar-refractivity contribution in [1.82, 2.24) is 4.90 Å². The Morgan fingerprint density at radius 1 is 1.06 bits per heavy atom. The van der Waals surface area contributed by atoms with E-state index in [1.807, 2.05) is 13.0 Å². The average Bonchev–Trinajstić information content (AvgIpc) is 3.12. The van der Waals surface area contributed by atoms with Crippen LogP contribution < -0.4 is 9.47 Å². The molecule has 0 saturated carbocycles. The predicted octanol–water partition coefficient (Wildman–Crippen LogP) is 5.37. The van der Waals surface area contributed by atoms with Crippen molar-refractivity contribution in [3.63, 3.8) is 0 Å². The number of carbonyl (C=O) groups is 3. The lowest BCUT2D eigenvalue weighted by Gasteiger charge is -2.12. The minimum atomic E-state index is -0.530. The van der Waals surface area contributed by atoms with Crippen LogP contribution in [-0.4, -0.2) is 34.0 Å². The molecule has 0 atom stereocenters. The summed E-state index contributed by atoms with van der Waals surface area (Å²) in [5, 5.41) is 10.4. The molecule has 1 saturated heterocycles. The van der Waals surface area contributed by atoms with Gasteiger partial charge in [-0.1, -0.05) is 35.9 Å². The molecule has 182 valence electrons. The second kappa shape index (κ2) is 10.4. The van der Waals surface area contributed by atoms with Crippen LogP contribution in [0.1, 0.15) is 27.0 Å². The summed E-state index contributed by atoms with van der Waals surface area (Å²) in [5.41, 5.74) is 2.42. The van der Waals surface area contributed by atoms with Gasteiger partial charge in [-0.15, -0.1) is 0 Å². The zero-order valence-electron chi connectivity index (χ0n) is 19.3. The summed E-state index contributed by atoms with van der Waals surface area (Å²) < 4.78 is 10.8. The number of nitrogens with zero attached hydrogens (tertiary/aromatic N) is 2. The fourth-order valence-corrected chi connectivity index (χ4v) is 4.32. The molecule has 0 aromatic heterocycles. The summed E-state index contributed by atoms with van der Waals surface area (Å²) in [6.45, 7) is 1.87. The highest BCUT2D eigenvalue weighted by atomic mass is 32.2. The van der Waals surface area contributed by atoms with E-state index in [2.05, 4.69) is 0 Å². The Morgan fingerprint density at radius 3 is 2.47 bits per heavy atom. The maximum absolute atomic E-state index is 12.9.